The number of nitrogens with one attached hydrogen (secondary N) is 2. The number of fused-ring (bicyclic) bond motifs is 1. The maximum Gasteiger partial charge on any atom is 0.406 e. The summed E-state index contributed by atoms with van der Waals surface area (Å²) < 4.78 is 9.31. The summed E-state index contributed by atoms with van der Waals surface area (Å²) in [6.07, 6.45) is 2.07. The minimum atomic E-state index is -0.454. The maximum absolute atomic E-state index is 10.9. The summed E-state index contributed by atoms with van der Waals surface area (Å²) >= 11 is 0. The van der Waals surface area contributed by atoms with E-state index in [9.17, 15) is 9.59 Å². The van der Waals surface area contributed by atoms with Crippen molar-refractivity contribution in [2.75, 3.05) is 13.7 Å². The average molecular weight is 262 g/mol. The Morgan fingerprint density at radius 1 is 1.47 bits per heavy atom. The first-order chi connectivity index (χ1) is 9.24. The molecule has 1 aromatic carbocycles. The van der Waals surface area contributed by atoms with Gasteiger partial charge in [-0.3, -0.25) is 4.79 Å². The van der Waals surface area contributed by atoms with Gasteiger partial charge in [-0.2, -0.15) is 0 Å². The van der Waals surface area contributed by atoms with Crippen molar-refractivity contribution in [3.8, 4) is 5.75 Å². The number of benzene rings is 1. The molecular weight excluding hydrogens is 248 g/mol. The zero-order valence-electron chi connectivity index (χ0n) is 10.4. The second-order valence-corrected chi connectivity index (χ2v) is 3.90. The predicted molar refractivity (Wildman–Crippen MR) is 69.1 cm³/mol. The van der Waals surface area contributed by atoms with Crippen molar-refractivity contribution >= 4 is 23.5 Å². The lowest BCUT2D eigenvalue weighted by molar-refractivity contribution is -0.120. The highest BCUT2D eigenvalue weighted by molar-refractivity contribution is 5.85. The standard InChI is InChI=1S/C13H14N2O4/c1-18-13(17)14-5-4-9-7-15-12-3-2-10(19-8-16)6-11(9)12/h2-3,6-8,15H,4-5H2,1H3,(H,14,17). The number of hydrogen-bond donors (Lipinski definition) is 2. The zero-order valence-corrected chi connectivity index (χ0v) is 10.4. The quantitative estimate of drug-likeness (QED) is 0.802. The number of hydrogen-bond acceptors (Lipinski definition) is 4. The number of carbonyl (C=O) groups is 2. The van der Waals surface area contributed by atoms with Crippen LogP contribution in [-0.4, -0.2) is 31.2 Å². The summed E-state index contributed by atoms with van der Waals surface area (Å²) in [6.45, 7) is 0.866. The molecule has 1 heterocycles. The SMILES string of the molecule is COC(=O)NCCc1c[nH]c2ccc(OC=O)cc12. The molecule has 1 amide bonds. The maximum atomic E-state index is 10.9. The lowest BCUT2D eigenvalue weighted by Crippen LogP contribution is -2.25. The Bertz CT molecular complexity index is 591. The fourth-order valence-electron chi connectivity index (χ4n) is 1.86. The predicted octanol–water partition coefficient (Wildman–Crippen LogP) is 1.60. The molecule has 6 heteroatoms. The third-order valence-corrected chi connectivity index (χ3v) is 2.77. The number of H-pyrrole nitrogens is 1. The van der Waals surface area contributed by atoms with Crippen molar-refractivity contribution in [3.05, 3.63) is 30.0 Å². The number of methoxy groups -OCH3 is 1. The Kier molecular flexibility index (Phi) is 4.02. The molecule has 0 atom stereocenters. The van der Waals surface area contributed by atoms with Crippen molar-refractivity contribution in [2.45, 2.75) is 6.42 Å². The van der Waals surface area contributed by atoms with Crippen molar-refractivity contribution < 1.29 is 19.1 Å². The third-order valence-electron chi connectivity index (χ3n) is 2.77. The molecule has 2 aromatic rings. The van der Waals surface area contributed by atoms with Crippen LogP contribution in [0, 0.1) is 0 Å². The highest BCUT2D eigenvalue weighted by Crippen LogP contribution is 2.23. The smallest absolute Gasteiger partial charge is 0.406 e. The summed E-state index contributed by atoms with van der Waals surface area (Å²) in [6, 6.07) is 5.34. The van der Waals surface area contributed by atoms with Crippen LogP contribution < -0.4 is 10.1 Å². The van der Waals surface area contributed by atoms with Gasteiger partial charge >= 0.3 is 6.09 Å². The van der Waals surface area contributed by atoms with Gasteiger partial charge in [0.2, 0.25) is 0 Å². The van der Waals surface area contributed by atoms with E-state index in [0.717, 1.165) is 16.5 Å². The monoisotopic (exact) mass is 262 g/mol. The van der Waals surface area contributed by atoms with Gasteiger partial charge in [-0.25, -0.2) is 4.79 Å². The summed E-state index contributed by atoms with van der Waals surface area (Å²) in [5, 5.41) is 3.58. The molecule has 1 aromatic heterocycles. The molecule has 2 N–H and O–H groups in total. The molecule has 2 rings (SSSR count). The number of aromatic amines is 1. The van der Waals surface area contributed by atoms with E-state index in [1.807, 2.05) is 12.3 Å². The second-order valence-electron chi connectivity index (χ2n) is 3.90. The van der Waals surface area contributed by atoms with Crippen LogP contribution >= 0.6 is 0 Å². The lowest BCUT2D eigenvalue weighted by Gasteiger charge is -2.03. The number of aromatic nitrogens is 1. The molecule has 0 aliphatic heterocycles. The Hall–Kier alpha value is -2.50. The van der Waals surface area contributed by atoms with E-state index in [1.165, 1.54) is 7.11 Å². The van der Waals surface area contributed by atoms with Crippen LogP contribution in [0.15, 0.2) is 24.4 Å². The summed E-state index contributed by atoms with van der Waals surface area (Å²) in [5.41, 5.74) is 1.98. The highest BCUT2D eigenvalue weighted by Gasteiger charge is 2.06. The molecule has 19 heavy (non-hydrogen) atoms. The Morgan fingerprint density at radius 3 is 3.05 bits per heavy atom. The number of ether oxygens (including phenoxy) is 2. The average Bonchev–Trinajstić information content (AvgIpc) is 2.82. The Balaban J connectivity index is 2.11. The minimum absolute atomic E-state index is 0.395. The van der Waals surface area contributed by atoms with Crippen LogP contribution in [0.25, 0.3) is 10.9 Å². The number of alkyl carbamates (subject to hydrolysis) is 1. The van der Waals surface area contributed by atoms with E-state index in [0.29, 0.717) is 25.2 Å². The van der Waals surface area contributed by atoms with Crippen molar-refractivity contribution in [2.24, 2.45) is 0 Å². The molecular formula is C13H14N2O4. The number of carbonyl (C=O) groups excluding carboxylic acids is 2. The van der Waals surface area contributed by atoms with E-state index in [4.69, 9.17) is 4.74 Å². The van der Waals surface area contributed by atoms with Gasteiger partial charge in [-0.1, -0.05) is 0 Å². The topological polar surface area (TPSA) is 80.4 Å². The zero-order chi connectivity index (χ0) is 13.7. The van der Waals surface area contributed by atoms with Crippen LogP contribution in [0.3, 0.4) is 0 Å². The molecule has 0 aliphatic carbocycles. The first-order valence-corrected chi connectivity index (χ1v) is 5.76. The van der Waals surface area contributed by atoms with E-state index in [-0.39, 0.29) is 0 Å². The highest BCUT2D eigenvalue weighted by atomic mass is 16.5. The van der Waals surface area contributed by atoms with Gasteiger partial charge in [0.1, 0.15) is 5.75 Å². The van der Waals surface area contributed by atoms with Gasteiger partial charge in [-0.15, -0.1) is 0 Å². The summed E-state index contributed by atoms with van der Waals surface area (Å²) in [7, 11) is 1.32. The summed E-state index contributed by atoms with van der Waals surface area (Å²) in [4.78, 5) is 24.4. The van der Waals surface area contributed by atoms with Crippen LogP contribution in [-0.2, 0) is 16.0 Å². The lowest BCUT2D eigenvalue weighted by atomic mass is 10.1. The van der Waals surface area contributed by atoms with Gasteiger partial charge in [-0.05, 0) is 30.2 Å². The van der Waals surface area contributed by atoms with Crippen LogP contribution in [0.5, 0.6) is 5.75 Å². The molecule has 0 radical (unpaired) electrons. The van der Waals surface area contributed by atoms with E-state index < -0.39 is 6.09 Å². The summed E-state index contributed by atoms with van der Waals surface area (Å²) in [5.74, 6) is 0.490. The molecule has 6 nitrogen and oxygen atoms in total. The first kappa shape index (κ1) is 12.9. The van der Waals surface area contributed by atoms with Crippen molar-refractivity contribution in [1.29, 1.82) is 0 Å². The second kappa shape index (κ2) is 5.90. The van der Waals surface area contributed by atoms with Crippen molar-refractivity contribution in [3.63, 3.8) is 0 Å². The largest absolute Gasteiger partial charge is 0.453 e. The number of amides is 1. The molecule has 0 unspecified atom stereocenters. The molecule has 0 saturated heterocycles. The minimum Gasteiger partial charge on any atom is -0.453 e. The van der Waals surface area contributed by atoms with E-state index in [1.54, 1.807) is 12.1 Å². The molecule has 0 aliphatic rings. The Labute approximate surface area is 109 Å². The van der Waals surface area contributed by atoms with Gasteiger partial charge < -0.3 is 19.8 Å². The molecule has 0 spiro atoms. The Morgan fingerprint density at radius 2 is 2.32 bits per heavy atom. The third kappa shape index (κ3) is 3.04. The molecule has 0 bridgehead atoms. The van der Waals surface area contributed by atoms with E-state index in [2.05, 4.69) is 15.0 Å². The first-order valence-electron chi connectivity index (χ1n) is 5.76. The van der Waals surface area contributed by atoms with Crippen LogP contribution in [0.4, 0.5) is 4.79 Å². The van der Waals surface area contributed by atoms with Crippen LogP contribution in [0.2, 0.25) is 0 Å². The van der Waals surface area contributed by atoms with Gasteiger partial charge in [0.05, 0.1) is 7.11 Å². The van der Waals surface area contributed by atoms with Gasteiger partial charge in [0, 0.05) is 23.6 Å². The molecule has 0 saturated carbocycles. The molecule has 0 fully saturated rings. The fourth-order valence-corrected chi connectivity index (χ4v) is 1.86. The number of rotatable bonds is 5. The normalized spacial score (nSPS) is 10.2. The van der Waals surface area contributed by atoms with E-state index >= 15 is 0 Å². The molecule has 100 valence electrons. The van der Waals surface area contributed by atoms with Crippen molar-refractivity contribution in [1.82, 2.24) is 10.3 Å². The van der Waals surface area contributed by atoms with Gasteiger partial charge in [0.25, 0.3) is 6.47 Å². The van der Waals surface area contributed by atoms with Gasteiger partial charge in [0.15, 0.2) is 0 Å². The fraction of sp³-hybridized carbons (Fsp3) is 0.231. The van der Waals surface area contributed by atoms with Crippen LogP contribution in [0.1, 0.15) is 5.56 Å².